The van der Waals surface area contributed by atoms with Gasteiger partial charge >= 0.3 is 0 Å². The fourth-order valence-corrected chi connectivity index (χ4v) is 3.43. The molecule has 1 N–H and O–H groups in total. The molecule has 2 aliphatic rings. The number of carbonyl (C=O) groups is 1. The molecule has 2 unspecified atom stereocenters. The molecular formula is C19H27N3O2. The highest BCUT2D eigenvalue weighted by atomic mass is 16.5. The molecule has 0 spiro atoms. The van der Waals surface area contributed by atoms with Gasteiger partial charge in [-0.05, 0) is 25.0 Å². The minimum atomic E-state index is -0.0585. The minimum absolute atomic E-state index is 0.0585. The van der Waals surface area contributed by atoms with Crippen molar-refractivity contribution in [2.45, 2.75) is 25.0 Å². The lowest BCUT2D eigenvalue weighted by Crippen LogP contribution is -2.56. The van der Waals surface area contributed by atoms with E-state index in [1.54, 1.807) is 6.08 Å². The Bertz CT molecular complexity index is 533. The Morgan fingerprint density at radius 3 is 2.58 bits per heavy atom. The van der Waals surface area contributed by atoms with Crippen LogP contribution in [0.25, 0.3) is 0 Å². The van der Waals surface area contributed by atoms with Gasteiger partial charge in [0.25, 0.3) is 0 Å². The third kappa shape index (κ3) is 4.16. The number of hydrogen-bond donors (Lipinski definition) is 1. The first-order valence-corrected chi connectivity index (χ1v) is 8.82. The number of para-hydroxylation sites is 1. The Morgan fingerprint density at radius 1 is 1.21 bits per heavy atom. The van der Waals surface area contributed by atoms with E-state index in [9.17, 15) is 4.79 Å². The maximum atomic E-state index is 12.7. The number of benzene rings is 1. The number of amides is 1. The maximum absolute atomic E-state index is 12.7. The highest BCUT2D eigenvalue weighted by Crippen LogP contribution is 2.18. The van der Waals surface area contributed by atoms with Gasteiger partial charge in [0.15, 0.2) is 0 Å². The third-order valence-electron chi connectivity index (χ3n) is 4.83. The SMILES string of the molecule is C=CCOC1CCC(C(=O)N2CCN(c3ccccc3)CC2)NC1. The van der Waals surface area contributed by atoms with E-state index in [4.69, 9.17) is 4.74 Å². The predicted molar refractivity (Wildman–Crippen MR) is 96.2 cm³/mol. The van der Waals surface area contributed by atoms with Crippen LogP contribution in [0.5, 0.6) is 0 Å². The van der Waals surface area contributed by atoms with E-state index in [1.165, 1.54) is 5.69 Å². The van der Waals surface area contributed by atoms with Crippen molar-refractivity contribution in [3.8, 4) is 0 Å². The van der Waals surface area contributed by atoms with Crippen molar-refractivity contribution in [2.75, 3.05) is 44.2 Å². The Labute approximate surface area is 144 Å². The van der Waals surface area contributed by atoms with Gasteiger partial charge in [-0.15, -0.1) is 6.58 Å². The second-order valence-electron chi connectivity index (χ2n) is 6.43. The second kappa shape index (κ2) is 8.31. The van der Waals surface area contributed by atoms with Crippen molar-refractivity contribution in [3.05, 3.63) is 43.0 Å². The van der Waals surface area contributed by atoms with Gasteiger partial charge in [-0.3, -0.25) is 4.79 Å². The summed E-state index contributed by atoms with van der Waals surface area (Å²) in [7, 11) is 0. The van der Waals surface area contributed by atoms with Gasteiger partial charge in [0, 0.05) is 38.4 Å². The summed E-state index contributed by atoms with van der Waals surface area (Å²) < 4.78 is 5.66. The van der Waals surface area contributed by atoms with Gasteiger partial charge in [-0.1, -0.05) is 24.3 Å². The topological polar surface area (TPSA) is 44.8 Å². The van der Waals surface area contributed by atoms with Gasteiger partial charge in [0.1, 0.15) is 0 Å². The number of anilines is 1. The van der Waals surface area contributed by atoms with Crippen LogP contribution in [0.3, 0.4) is 0 Å². The fraction of sp³-hybridized carbons (Fsp3) is 0.526. The lowest BCUT2D eigenvalue weighted by Gasteiger charge is -2.39. The lowest BCUT2D eigenvalue weighted by atomic mass is 10.0. The van der Waals surface area contributed by atoms with Crippen LogP contribution in [0.2, 0.25) is 0 Å². The standard InChI is InChI=1S/C19H27N3O2/c1-2-14-24-17-8-9-18(20-15-17)19(23)22-12-10-21(11-13-22)16-6-4-3-5-7-16/h2-7,17-18,20H,1,8-15H2. The van der Waals surface area contributed by atoms with Crippen molar-refractivity contribution in [1.29, 1.82) is 0 Å². The van der Waals surface area contributed by atoms with Crippen LogP contribution in [0, 0.1) is 0 Å². The summed E-state index contributed by atoms with van der Waals surface area (Å²) in [6.07, 6.45) is 3.74. The third-order valence-corrected chi connectivity index (χ3v) is 4.83. The van der Waals surface area contributed by atoms with Gasteiger partial charge in [0.2, 0.25) is 5.91 Å². The number of piperidine rings is 1. The molecule has 130 valence electrons. The molecule has 5 nitrogen and oxygen atoms in total. The number of hydrogen-bond acceptors (Lipinski definition) is 4. The van der Waals surface area contributed by atoms with Crippen LogP contribution in [0.1, 0.15) is 12.8 Å². The van der Waals surface area contributed by atoms with Crippen LogP contribution in [-0.4, -0.2) is 62.3 Å². The van der Waals surface area contributed by atoms with E-state index >= 15 is 0 Å². The normalized spacial score (nSPS) is 24.7. The molecule has 0 radical (unpaired) electrons. The van der Waals surface area contributed by atoms with Crippen molar-refractivity contribution < 1.29 is 9.53 Å². The molecule has 2 saturated heterocycles. The predicted octanol–water partition coefficient (Wildman–Crippen LogP) is 1.66. The first-order valence-electron chi connectivity index (χ1n) is 8.82. The zero-order chi connectivity index (χ0) is 16.8. The van der Waals surface area contributed by atoms with E-state index in [0.29, 0.717) is 6.61 Å². The molecule has 1 aromatic carbocycles. The molecule has 2 heterocycles. The van der Waals surface area contributed by atoms with Gasteiger partial charge in [0.05, 0.1) is 18.8 Å². The monoisotopic (exact) mass is 329 g/mol. The van der Waals surface area contributed by atoms with Crippen molar-refractivity contribution in [1.82, 2.24) is 10.2 Å². The fourth-order valence-electron chi connectivity index (χ4n) is 3.43. The van der Waals surface area contributed by atoms with Crippen LogP contribution in [0.15, 0.2) is 43.0 Å². The highest BCUT2D eigenvalue weighted by Gasteiger charge is 2.30. The average Bonchev–Trinajstić information content (AvgIpc) is 2.67. The Hall–Kier alpha value is -1.85. The number of piperazine rings is 1. The van der Waals surface area contributed by atoms with Gasteiger partial charge in [-0.2, -0.15) is 0 Å². The van der Waals surface area contributed by atoms with E-state index in [0.717, 1.165) is 45.6 Å². The largest absolute Gasteiger partial charge is 0.373 e. The number of rotatable bonds is 5. The number of ether oxygens (including phenoxy) is 1. The first-order chi connectivity index (χ1) is 11.8. The van der Waals surface area contributed by atoms with E-state index in [1.807, 2.05) is 11.0 Å². The Balaban J connectivity index is 1.45. The summed E-state index contributed by atoms with van der Waals surface area (Å²) in [6, 6.07) is 10.3. The van der Waals surface area contributed by atoms with E-state index in [-0.39, 0.29) is 18.1 Å². The Morgan fingerprint density at radius 2 is 1.96 bits per heavy atom. The van der Waals surface area contributed by atoms with Crippen LogP contribution in [0.4, 0.5) is 5.69 Å². The summed E-state index contributed by atoms with van der Waals surface area (Å²) in [4.78, 5) is 17.1. The van der Waals surface area contributed by atoms with E-state index in [2.05, 4.69) is 41.1 Å². The zero-order valence-electron chi connectivity index (χ0n) is 14.2. The molecule has 1 aromatic rings. The summed E-state index contributed by atoms with van der Waals surface area (Å²) in [5.41, 5.74) is 1.24. The van der Waals surface area contributed by atoms with E-state index < -0.39 is 0 Å². The lowest BCUT2D eigenvalue weighted by molar-refractivity contribution is -0.135. The molecule has 0 aliphatic carbocycles. The second-order valence-corrected chi connectivity index (χ2v) is 6.43. The summed E-state index contributed by atoms with van der Waals surface area (Å²) >= 11 is 0. The molecule has 3 rings (SSSR count). The van der Waals surface area contributed by atoms with Gasteiger partial charge in [-0.25, -0.2) is 0 Å². The van der Waals surface area contributed by atoms with Crippen LogP contribution < -0.4 is 10.2 Å². The molecular weight excluding hydrogens is 302 g/mol. The summed E-state index contributed by atoms with van der Waals surface area (Å²) in [5, 5.41) is 3.35. The maximum Gasteiger partial charge on any atom is 0.239 e. The summed E-state index contributed by atoms with van der Waals surface area (Å²) in [5.74, 6) is 0.241. The first kappa shape index (κ1) is 17.0. The van der Waals surface area contributed by atoms with Gasteiger partial charge < -0.3 is 19.9 Å². The van der Waals surface area contributed by atoms with Crippen molar-refractivity contribution in [2.24, 2.45) is 0 Å². The smallest absolute Gasteiger partial charge is 0.239 e. The molecule has 0 aromatic heterocycles. The van der Waals surface area contributed by atoms with Crippen LogP contribution >= 0.6 is 0 Å². The molecule has 2 atom stereocenters. The average molecular weight is 329 g/mol. The van der Waals surface area contributed by atoms with Crippen molar-refractivity contribution in [3.63, 3.8) is 0 Å². The number of nitrogens with one attached hydrogen (secondary N) is 1. The molecule has 5 heteroatoms. The zero-order valence-corrected chi connectivity index (χ0v) is 14.2. The van der Waals surface area contributed by atoms with Crippen molar-refractivity contribution >= 4 is 11.6 Å². The quantitative estimate of drug-likeness (QED) is 0.835. The highest BCUT2D eigenvalue weighted by molar-refractivity contribution is 5.82. The molecule has 0 saturated carbocycles. The molecule has 24 heavy (non-hydrogen) atoms. The molecule has 1 amide bonds. The summed E-state index contributed by atoms with van der Waals surface area (Å²) in [6.45, 7) is 8.37. The number of carbonyl (C=O) groups excluding carboxylic acids is 1. The Kier molecular flexibility index (Phi) is 5.88. The number of nitrogens with zero attached hydrogens (tertiary/aromatic N) is 2. The minimum Gasteiger partial charge on any atom is -0.373 e. The molecule has 2 fully saturated rings. The molecule has 0 bridgehead atoms. The van der Waals surface area contributed by atoms with Crippen LogP contribution in [-0.2, 0) is 9.53 Å². The molecule has 2 aliphatic heterocycles.